The molecule has 0 aliphatic carbocycles. The summed E-state index contributed by atoms with van der Waals surface area (Å²) in [6.07, 6.45) is -5.50. The van der Waals surface area contributed by atoms with Crippen LogP contribution < -0.4 is 10.2 Å². The zero-order valence-electron chi connectivity index (χ0n) is 23.4. The first-order valence-electron chi connectivity index (χ1n) is 13.8. The number of benzene rings is 2. The van der Waals surface area contributed by atoms with Crippen LogP contribution in [0.3, 0.4) is 0 Å². The van der Waals surface area contributed by atoms with E-state index in [9.17, 15) is 30.5 Å². The van der Waals surface area contributed by atoms with Crippen LogP contribution in [0, 0.1) is 11.3 Å². The van der Waals surface area contributed by atoms with Crippen LogP contribution in [-0.2, 0) is 9.53 Å². The molecule has 5 N–H and O–H groups in total. The van der Waals surface area contributed by atoms with Gasteiger partial charge in [-0.25, -0.2) is 0 Å². The fraction of sp³-hybridized carbons (Fsp3) is 0.419. The lowest BCUT2D eigenvalue weighted by Crippen LogP contribution is -2.60. The van der Waals surface area contributed by atoms with Crippen LogP contribution in [0.4, 0.5) is 5.69 Å². The Morgan fingerprint density at radius 1 is 0.976 bits per heavy atom. The molecule has 2 heterocycles. The van der Waals surface area contributed by atoms with Crippen molar-refractivity contribution in [1.29, 1.82) is 5.26 Å². The Kier molecular flexibility index (Phi) is 10.1. The minimum Gasteiger partial charge on any atom is -0.388 e. The summed E-state index contributed by atoms with van der Waals surface area (Å²) in [5.74, 6) is -0.674. The van der Waals surface area contributed by atoms with Crippen LogP contribution in [0.15, 0.2) is 54.1 Å². The van der Waals surface area contributed by atoms with Crippen molar-refractivity contribution in [2.24, 2.45) is 0 Å². The van der Waals surface area contributed by atoms with E-state index in [1.54, 1.807) is 6.92 Å². The molecule has 4 rings (SSSR count). The highest BCUT2D eigenvalue weighted by Gasteiger charge is 2.43. The predicted octanol–water partition coefficient (Wildman–Crippen LogP) is 3.41. The maximum Gasteiger partial charge on any atom is 0.262 e. The summed E-state index contributed by atoms with van der Waals surface area (Å²) in [4.78, 5) is 17.0. The number of aliphatic hydroxyl groups is 4. The Morgan fingerprint density at radius 3 is 2.34 bits per heavy atom. The Labute approximate surface area is 243 Å². The van der Waals surface area contributed by atoms with Crippen molar-refractivity contribution in [1.82, 2.24) is 5.32 Å². The number of nitriles is 1. The van der Waals surface area contributed by atoms with Gasteiger partial charge in [0.1, 0.15) is 36.1 Å². The molecule has 1 aliphatic rings. The minimum atomic E-state index is -1.71. The summed E-state index contributed by atoms with van der Waals surface area (Å²) in [5.41, 5.74) is 2.67. The van der Waals surface area contributed by atoms with Crippen LogP contribution in [0.1, 0.15) is 38.5 Å². The Morgan fingerprint density at radius 2 is 1.66 bits per heavy atom. The van der Waals surface area contributed by atoms with Gasteiger partial charge >= 0.3 is 0 Å². The third kappa shape index (κ3) is 6.79. The molecule has 10 heteroatoms. The van der Waals surface area contributed by atoms with Gasteiger partial charge in [-0.15, -0.1) is 11.3 Å². The van der Waals surface area contributed by atoms with Gasteiger partial charge in [-0.3, -0.25) is 4.79 Å². The topological polar surface area (TPSA) is 146 Å². The van der Waals surface area contributed by atoms with E-state index < -0.39 is 36.6 Å². The molecule has 0 bridgehead atoms. The highest BCUT2D eigenvalue weighted by Crippen LogP contribution is 2.35. The van der Waals surface area contributed by atoms with Crippen molar-refractivity contribution in [3.63, 3.8) is 0 Å². The highest BCUT2D eigenvalue weighted by molar-refractivity contribution is 7.16. The predicted molar refractivity (Wildman–Crippen MR) is 160 cm³/mol. The van der Waals surface area contributed by atoms with E-state index in [2.05, 4.69) is 60.5 Å². The van der Waals surface area contributed by atoms with Crippen LogP contribution in [0.2, 0.25) is 0 Å². The molecule has 0 saturated carbocycles. The van der Waals surface area contributed by atoms with Gasteiger partial charge in [0.05, 0.1) is 0 Å². The van der Waals surface area contributed by atoms with Gasteiger partial charge in [-0.05, 0) is 72.0 Å². The van der Waals surface area contributed by atoms with Crippen molar-refractivity contribution in [2.45, 2.75) is 64.3 Å². The first-order valence-corrected chi connectivity index (χ1v) is 14.7. The van der Waals surface area contributed by atoms with Crippen molar-refractivity contribution in [3.8, 4) is 16.5 Å². The number of hydrogen-bond donors (Lipinski definition) is 5. The lowest BCUT2D eigenvalue weighted by molar-refractivity contribution is -0.280. The summed E-state index contributed by atoms with van der Waals surface area (Å²) in [6.45, 7) is 7.86. The average molecular weight is 580 g/mol. The van der Waals surface area contributed by atoms with Crippen LogP contribution in [0.5, 0.6) is 0 Å². The van der Waals surface area contributed by atoms with E-state index in [4.69, 9.17) is 4.74 Å². The van der Waals surface area contributed by atoms with E-state index in [0.717, 1.165) is 46.6 Å². The number of anilines is 1. The SMILES string of the molecule is CCCN(CCC)c1ccc2cc(-c3ccc(/C(C)=C(\C#N)C(=O)NC[C@H]4OC(O)[C@H](O)[C@@H](O)[C@@H]4O)s3)ccc2c1. The maximum absolute atomic E-state index is 12.8. The molecule has 0 spiro atoms. The fourth-order valence-corrected chi connectivity index (χ4v) is 6.01. The average Bonchev–Trinajstić information content (AvgIpc) is 3.47. The lowest BCUT2D eigenvalue weighted by Gasteiger charge is -2.38. The van der Waals surface area contributed by atoms with Crippen molar-refractivity contribution in [2.75, 3.05) is 24.5 Å². The number of nitrogens with zero attached hydrogens (tertiary/aromatic N) is 2. The third-order valence-electron chi connectivity index (χ3n) is 7.30. The molecule has 1 aliphatic heterocycles. The maximum atomic E-state index is 12.8. The molecule has 1 amide bonds. The monoisotopic (exact) mass is 579 g/mol. The third-order valence-corrected chi connectivity index (χ3v) is 8.55. The lowest BCUT2D eigenvalue weighted by atomic mass is 9.99. The number of nitrogens with one attached hydrogen (secondary N) is 1. The highest BCUT2D eigenvalue weighted by atomic mass is 32.1. The first-order chi connectivity index (χ1) is 19.7. The molecule has 5 atom stereocenters. The summed E-state index contributed by atoms with van der Waals surface area (Å²) in [7, 11) is 0. The number of rotatable bonds is 10. The van der Waals surface area contributed by atoms with E-state index in [1.807, 2.05) is 18.2 Å². The van der Waals surface area contributed by atoms with Crippen LogP contribution >= 0.6 is 11.3 Å². The van der Waals surface area contributed by atoms with Crippen LogP contribution in [0.25, 0.3) is 26.8 Å². The van der Waals surface area contributed by atoms with E-state index in [0.29, 0.717) is 5.57 Å². The smallest absolute Gasteiger partial charge is 0.262 e. The quantitative estimate of drug-likeness (QED) is 0.181. The Hall–Kier alpha value is -3.30. The van der Waals surface area contributed by atoms with E-state index in [1.165, 1.54) is 22.4 Å². The van der Waals surface area contributed by atoms with Crippen molar-refractivity contribution >= 4 is 39.3 Å². The number of thiophene rings is 1. The standard InChI is InChI=1S/C31H37N3O6S/c1-4-12-34(13-5-2)22-9-8-19-14-21(7-6-20(19)15-22)26-11-10-25(41-26)18(3)23(16-32)30(38)33-17-24-27(35)28(36)29(37)31(39)40-24/h6-11,14-15,24,27-29,31,35-37,39H,4-5,12-13,17H2,1-3H3,(H,33,38)/b23-18+/t24-,27-,28+,29-,31?/m1/s1. The summed E-state index contributed by atoms with van der Waals surface area (Å²) in [5, 5.41) is 53.8. The fourth-order valence-electron chi connectivity index (χ4n) is 5.00. The molecule has 1 fully saturated rings. The number of carbonyl (C=O) groups excluding carboxylic acids is 1. The molecule has 41 heavy (non-hydrogen) atoms. The summed E-state index contributed by atoms with van der Waals surface area (Å²) in [6, 6.07) is 18.7. The largest absolute Gasteiger partial charge is 0.388 e. The molecule has 3 aromatic rings. The van der Waals surface area contributed by atoms with E-state index in [-0.39, 0.29) is 12.1 Å². The number of aliphatic hydroxyl groups excluding tert-OH is 4. The van der Waals surface area contributed by atoms with E-state index >= 15 is 0 Å². The molecule has 9 nitrogen and oxygen atoms in total. The number of ether oxygens (including phenoxy) is 1. The second-order valence-electron chi connectivity index (χ2n) is 10.3. The minimum absolute atomic E-state index is 0.0976. The van der Waals surface area contributed by atoms with Gasteiger partial charge < -0.3 is 35.4 Å². The van der Waals surface area contributed by atoms with Gasteiger partial charge in [-0.2, -0.15) is 5.26 Å². The molecule has 218 valence electrons. The van der Waals surface area contributed by atoms with Crippen LogP contribution in [-0.4, -0.2) is 76.7 Å². The number of allylic oxidation sites excluding steroid dienone is 1. The Bertz CT molecular complexity index is 1440. The van der Waals surface area contributed by atoms with Gasteiger partial charge in [0, 0.05) is 35.1 Å². The van der Waals surface area contributed by atoms with Gasteiger partial charge in [-0.1, -0.05) is 32.0 Å². The first kappa shape index (κ1) is 30.7. The number of carbonyl (C=O) groups is 1. The molecule has 2 aromatic carbocycles. The number of hydrogen-bond acceptors (Lipinski definition) is 9. The number of amides is 1. The second kappa shape index (κ2) is 13.6. The normalized spacial score (nSPS) is 23.1. The number of fused-ring (bicyclic) bond motifs is 1. The van der Waals surface area contributed by atoms with Crippen molar-refractivity contribution < 1.29 is 30.0 Å². The Balaban J connectivity index is 1.50. The van der Waals surface area contributed by atoms with Crippen molar-refractivity contribution in [3.05, 3.63) is 59.0 Å². The molecule has 1 unspecified atom stereocenters. The molecule has 0 radical (unpaired) electrons. The van der Waals surface area contributed by atoms with Gasteiger partial charge in [0.15, 0.2) is 6.29 Å². The molecular formula is C31H37N3O6S. The molecule has 1 aromatic heterocycles. The summed E-state index contributed by atoms with van der Waals surface area (Å²) >= 11 is 1.48. The molecular weight excluding hydrogens is 542 g/mol. The van der Waals surface area contributed by atoms with Gasteiger partial charge in [0.2, 0.25) is 0 Å². The van der Waals surface area contributed by atoms with Gasteiger partial charge in [0.25, 0.3) is 5.91 Å². The second-order valence-corrected chi connectivity index (χ2v) is 11.3. The summed E-state index contributed by atoms with van der Waals surface area (Å²) < 4.78 is 5.09. The zero-order chi connectivity index (χ0) is 29.7. The molecule has 1 saturated heterocycles. The zero-order valence-corrected chi connectivity index (χ0v) is 24.3.